The van der Waals surface area contributed by atoms with E-state index >= 15 is 0 Å². The number of aryl methyl sites for hydroxylation is 1. The summed E-state index contributed by atoms with van der Waals surface area (Å²) in [4.78, 5) is 12.4. The Labute approximate surface area is 174 Å². The summed E-state index contributed by atoms with van der Waals surface area (Å²) >= 11 is 0. The summed E-state index contributed by atoms with van der Waals surface area (Å²) in [7, 11) is 0. The smallest absolute Gasteiger partial charge is 0.159 e. The second-order valence-electron chi connectivity index (χ2n) is 8.73. The highest BCUT2D eigenvalue weighted by Gasteiger charge is 2.22. The van der Waals surface area contributed by atoms with Crippen LogP contribution in [0.2, 0.25) is 0 Å². The van der Waals surface area contributed by atoms with E-state index in [-0.39, 0.29) is 5.92 Å². The molecular formula is C27H42O. The lowest BCUT2D eigenvalue weighted by Crippen LogP contribution is -2.17. The maximum Gasteiger partial charge on any atom is 0.159 e. The topological polar surface area (TPSA) is 17.1 Å². The van der Waals surface area contributed by atoms with Gasteiger partial charge in [-0.2, -0.15) is 0 Å². The van der Waals surface area contributed by atoms with Crippen molar-refractivity contribution in [3.05, 3.63) is 41.5 Å². The number of hydrogen-bond donors (Lipinski definition) is 0. The molecule has 2 rings (SSSR count). The molecule has 0 saturated carbocycles. The second-order valence-corrected chi connectivity index (χ2v) is 8.73. The van der Waals surface area contributed by atoms with E-state index in [0.717, 1.165) is 19.3 Å². The lowest BCUT2D eigenvalue weighted by molar-refractivity contribution is -0.118. The van der Waals surface area contributed by atoms with Crippen molar-refractivity contribution in [1.82, 2.24) is 0 Å². The Morgan fingerprint density at radius 3 is 2.04 bits per heavy atom. The van der Waals surface area contributed by atoms with Gasteiger partial charge in [0.15, 0.2) is 5.78 Å². The molecule has 0 radical (unpaired) electrons. The number of rotatable bonds is 14. The summed E-state index contributed by atoms with van der Waals surface area (Å²) < 4.78 is 0. The van der Waals surface area contributed by atoms with Gasteiger partial charge in [-0.25, -0.2) is 0 Å². The number of carbonyl (C=O) groups excluding carboxylic acids is 1. The van der Waals surface area contributed by atoms with Gasteiger partial charge in [-0.3, -0.25) is 4.79 Å². The van der Waals surface area contributed by atoms with Crippen molar-refractivity contribution in [2.75, 3.05) is 0 Å². The van der Waals surface area contributed by atoms with Gasteiger partial charge in [0, 0.05) is 5.92 Å². The maximum atomic E-state index is 12.4. The Balaban J connectivity index is 1.70. The van der Waals surface area contributed by atoms with Gasteiger partial charge in [-0.05, 0) is 54.9 Å². The highest BCUT2D eigenvalue weighted by atomic mass is 16.1. The van der Waals surface area contributed by atoms with E-state index in [1.54, 1.807) is 0 Å². The zero-order valence-electron chi connectivity index (χ0n) is 18.5. The first-order valence-corrected chi connectivity index (χ1v) is 12.1. The van der Waals surface area contributed by atoms with Crippen LogP contribution in [0.15, 0.2) is 30.3 Å². The van der Waals surface area contributed by atoms with Crippen molar-refractivity contribution in [1.29, 1.82) is 0 Å². The molecule has 28 heavy (non-hydrogen) atoms. The molecule has 0 saturated heterocycles. The monoisotopic (exact) mass is 382 g/mol. The van der Waals surface area contributed by atoms with Gasteiger partial charge in [0.2, 0.25) is 0 Å². The molecule has 156 valence electrons. The zero-order valence-corrected chi connectivity index (χ0v) is 18.5. The van der Waals surface area contributed by atoms with Gasteiger partial charge in [0.05, 0.1) is 0 Å². The molecular weight excluding hydrogens is 340 g/mol. The van der Waals surface area contributed by atoms with Crippen LogP contribution in [0.25, 0.3) is 5.57 Å². The van der Waals surface area contributed by atoms with Crippen LogP contribution in [-0.2, 0) is 11.2 Å². The molecule has 0 aliphatic heterocycles. The first kappa shape index (κ1) is 22.9. The molecule has 0 amide bonds. The minimum Gasteiger partial charge on any atom is -0.295 e. The fourth-order valence-corrected chi connectivity index (χ4v) is 4.34. The number of carbonyl (C=O) groups is 1. The molecule has 1 atom stereocenters. The van der Waals surface area contributed by atoms with Crippen LogP contribution in [0.5, 0.6) is 0 Å². The van der Waals surface area contributed by atoms with Crippen molar-refractivity contribution in [2.45, 2.75) is 110 Å². The quantitative estimate of drug-likeness (QED) is 0.296. The average molecular weight is 383 g/mol. The van der Waals surface area contributed by atoms with Gasteiger partial charge < -0.3 is 0 Å². The SMILES string of the molecule is CCCCCCCCCCc1ccc(C2=CC(=O)C(CCCCC)CC2)cc1. The van der Waals surface area contributed by atoms with Crippen LogP contribution in [0, 0.1) is 5.92 Å². The molecule has 0 heterocycles. The summed E-state index contributed by atoms with van der Waals surface area (Å²) in [5.74, 6) is 0.636. The standard InChI is InChI=1S/C27H42O/c1-3-5-7-8-9-10-11-13-14-23-16-18-24(19-17-23)26-21-20-25(27(28)22-26)15-12-6-4-2/h16-19,22,25H,3-15,20-21H2,1-2H3. The van der Waals surface area contributed by atoms with Crippen LogP contribution in [0.1, 0.15) is 115 Å². The summed E-state index contributed by atoms with van der Waals surface area (Å²) in [6, 6.07) is 9.01. The van der Waals surface area contributed by atoms with E-state index in [9.17, 15) is 4.79 Å². The number of hydrogen-bond acceptors (Lipinski definition) is 1. The van der Waals surface area contributed by atoms with Gasteiger partial charge in [-0.15, -0.1) is 0 Å². The summed E-state index contributed by atoms with van der Waals surface area (Å²) in [5, 5.41) is 0. The number of ketones is 1. The maximum absolute atomic E-state index is 12.4. The zero-order chi connectivity index (χ0) is 20.0. The molecule has 1 unspecified atom stereocenters. The normalized spacial score (nSPS) is 17.0. The first-order valence-electron chi connectivity index (χ1n) is 12.1. The third-order valence-corrected chi connectivity index (χ3v) is 6.28. The van der Waals surface area contributed by atoms with Gasteiger partial charge >= 0.3 is 0 Å². The molecule has 1 nitrogen and oxygen atoms in total. The van der Waals surface area contributed by atoms with E-state index in [4.69, 9.17) is 0 Å². The Bertz CT molecular complexity index is 581. The fraction of sp³-hybridized carbons (Fsp3) is 0.667. The number of unbranched alkanes of at least 4 members (excludes halogenated alkanes) is 9. The van der Waals surface area contributed by atoms with Crippen LogP contribution >= 0.6 is 0 Å². The highest BCUT2D eigenvalue weighted by Crippen LogP contribution is 2.31. The molecule has 1 aliphatic rings. The molecule has 1 aromatic carbocycles. The van der Waals surface area contributed by atoms with E-state index in [1.807, 2.05) is 6.08 Å². The summed E-state index contributed by atoms with van der Waals surface area (Å²) in [5.41, 5.74) is 3.94. The predicted molar refractivity (Wildman–Crippen MR) is 123 cm³/mol. The van der Waals surface area contributed by atoms with E-state index in [2.05, 4.69) is 38.1 Å². The van der Waals surface area contributed by atoms with Crippen molar-refractivity contribution in [2.24, 2.45) is 5.92 Å². The van der Waals surface area contributed by atoms with E-state index < -0.39 is 0 Å². The Kier molecular flexibility index (Phi) is 11.3. The molecule has 0 fully saturated rings. The van der Waals surface area contributed by atoms with Crippen LogP contribution in [0.3, 0.4) is 0 Å². The van der Waals surface area contributed by atoms with Crippen molar-refractivity contribution in [3.63, 3.8) is 0 Å². The lowest BCUT2D eigenvalue weighted by atomic mass is 9.83. The van der Waals surface area contributed by atoms with Crippen LogP contribution < -0.4 is 0 Å². The summed E-state index contributed by atoms with van der Waals surface area (Å²) in [6.45, 7) is 4.50. The fourth-order valence-electron chi connectivity index (χ4n) is 4.34. The Morgan fingerprint density at radius 2 is 1.39 bits per heavy atom. The van der Waals surface area contributed by atoms with Crippen LogP contribution in [0.4, 0.5) is 0 Å². The van der Waals surface area contributed by atoms with E-state index in [1.165, 1.54) is 93.7 Å². The molecule has 0 aromatic heterocycles. The number of allylic oxidation sites excluding steroid dienone is 2. The molecule has 1 aromatic rings. The summed E-state index contributed by atoms with van der Waals surface area (Å²) in [6.07, 6.45) is 21.0. The first-order chi connectivity index (χ1) is 13.7. The largest absolute Gasteiger partial charge is 0.295 e. The van der Waals surface area contributed by atoms with Crippen molar-refractivity contribution in [3.8, 4) is 0 Å². The van der Waals surface area contributed by atoms with Crippen molar-refractivity contribution < 1.29 is 4.79 Å². The highest BCUT2D eigenvalue weighted by molar-refractivity contribution is 5.99. The minimum atomic E-state index is 0.275. The number of benzene rings is 1. The van der Waals surface area contributed by atoms with Gasteiger partial charge in [-0.1, -0.05) is 102 Å². The molecule has 0 spiro atoms. The molecule has 0 bridgehead atoms. The third-order valence-electron chi connectivity index (χ3n) is 6.28. The minimum absolute atomic E-state index is 0.275. The Hall–Kier alpha value is -1.37. The second kappa shape index (κ2) is 13.7. The third kappa shape index (κ3) is 8.33. The molecule has 1 aliphatic carbocycles. The Morgan fingerprint density at radius 1 is 0.786 bits per heavy atom. The molecule has 1 heteroatoms. The average Bonchev–Trinajstić information content (AvgIpc) is 2.72. The van der Waals surface area contributed by atoms with Gasteiger partial charge in [0.25, 0.3) is 0 Å². The molecule has 0 N–H and O–H groups in total. The predicted octanol–water partition coefficient (Wildman–Crippen LogP) is 8.31. The van der Waals surface area contributed by atoms with E-state index in [0.29, 0.717) is 5.78 Å². The van der Waals surface area contributed by atoms with Crippen LogP contribution in [-0.4, -0.2) is 5.78 Å². The lowest BCUT2D eigenvalue weighted by Gasteiger charge is -2.21. The van der Waals surface area contributed by atoms with Crippen molar-refractivity contribution >= 4 is 11.4 Å². The van der Waals surface area contributed by atoms with Gasteiger partial charge in [0.1, 0.15) is 0 Å².